The van der Waals surface area contributed by atoms with E-state index in [4.69, 9.17) is 19.2 Å². The second-order valence-corrected chi connectivity index (χ2v) is 11.0. The van der Waals surface area contributed by atoms with Gasteiger partial charge in [0.05, 0.1) is 28.5 Å². The molecule has 2 aromatic rings. The van der Waals surface area contributed by atoms with Gasteiger partial charge in [-0.2, -0.15) is 4.89 Å². The summed E-state index contributed by atoms with van der Waals surface area (Å²) in [5.74, 6) is -2.69. The number of ether oxygens (including phenoxy) is 2. The number of aromatic nitrogens is 2. The molecule has 0 radical (unpaired) electrons. The molecule has 0 N–H and O–H groups in total. The Morgan fingerprint density at radius 3 is 2.65 bits per heavy atom. The number of hydrogen-bond acceptors (Lipinski definition) is 7. The number of nitrogens with zero attached hydrogens (tertiary/aromatic N) is 3. The number of halogens is 1. The monoisotopic (exact) mass is 662 g/mol. The van der Waals surface area contributed by atoms with E-state index < -0.39 is 29.8 Å². The number of fused-ring (bicyclic) bond motifs is 1. The lowest BCUT2D eigenvalue weighted by molar-refractivity contribution is -0.671. The average molecular weight is 663 g/mol. The fraction of sp³-hybridized carbons (Fsp3) is 0.379. The highest BCUT2D eigenvalue weighted by molar-refractivity contribution is 14.1. The third kappa shape index (κ3) is 5.99. The van der Waals surface area contributed by atoms with E-state index in [0.29, 0.717) is 17.9 Å². The molecule has 40 heavy (non-hydrogen) atoms. The second-order valence-electron chi connectivity index (χ2n) is 9.84. The molecule has 2 aliphatic heterocycles. The number of imidazole rings is 1. The number of hydrogen-bond donors (Lipinski definition) is 0. The van der Waals surface area contributed by atoms with Gasteiger partial charge >= 0.3 is 11.9 Å². The molecule has 4 atom stereocenters. The van der Waals surface area contributed by atoms with Gasteiger partial charge in [0, 0.05) is 11.5 Å². The van der Waals surface area contributed by atoms with Gasteiger partial charge in [0.15, 0.2) is 0 Å². The summed E-state index contributed by atoms with van der Waals surface area (Å²) in [6.45, 7) is 11.4. The summed E-state index contributed by atoms with van der Waals surface area (Å²) in [5.41, 5.74) is 1.85. The summed E-state index contributed by atoms with van der Waals surface area (Å²) in [6, 6.07) is 5.58. The maximum atomic E-state index is 13.3. The standard InChI is InChI=1S/C29H33IN3O7/c1-6-12-37-29(36)26-21(16-38-23-14-20(8-9-22(23)30)15-32-11-10-31(5)17-32)18(3)25-24(27(34)33(25)26)19(4)28(35)40-39-13-7-2/h6-11,14,17-19,24-25H,1-2,12-13,15-16H2,3-5H3/q+1. The van der Waals surface area contributed by atoms with Crippen LogP contribution in [-0.2, 0) is 42.5 Å². The molecule has 10 nitrogen and oxygen atoms in total. The fourth-order valence-electron chi connectivity index (χ4n) is 5.13. The minimum Gasteiger partial charge on any atom is -0.488 e. The number of carbonyl (C=O) groups is 3. The Labute approximate surface area is 246 Å². The van der Waals surface area contributed by atoms with Crippen molar-refractivity contribution >= 4 is 40.4 Å². The highest BCUT2D eigenvalue weighted by Crippen LogP contribution is 2.49. The number of amides is 1. The quantitative estimate of drug-likeness (QED) is 0.0476. The summed E-state index contributed by atoms with van der Waals surface area (Å²) in [5, 5.41) is 0. The van der Waals surface area contributed by atoms with Crippen molar-refractivity contribution < 1.29 is 38.2 Å². The summed E-state index contributed by atoms with van der Waals surface area (Å²) >= 11 is 2.21. The number of rotatable bonds is 13. The van der Waals surface area contributed by atoms with Crippen molar-refractivity contribution in [1.29, 1.82) is 0 Å². The third-order valence-corrected chi connectivity index (χ3v) is 8.02. The molecular formula is C29H33IN3O7+. The normalized spacial score (nSPS) is 20.4. The molecule has 4 rings (SSSR count). The Hall–Kier alpha value is -3.45. The maximum absolute atomic E-state index is 13.3. The molecular weight excluding hydrogens is 629 g/mol. The molecule has 0 spiro atoms. The minimum absolute atomic E-state index is 0.00143. The van der Waals surface area contributed by atoms with E-state index in [1.807, 2.05) is 55.5 Å². The number of benzene rings is 1. The van der Waals surface area contributed by atoms with Gasteiger partial charge in [-0.05, 0) is 40.3 Å². The first-order valence-corrected chi connectivity index (χ1v) is 14.0. The van der Waals surface area contributed by atoms with Gasteiger partial charge in [0.2, 0.25) is 12.2 Å². The van der Waals surface area contributed by atoms with Crippen molar-refractivity contribution in [2.75, 3.05) is 19.8 Å². The zero-order valence-electron chi connectivity index (χ0n) is 22.7. The molecule has 212 valence electrons. The molecule has 2 aliphatic rings. The number of esters is 1. The summed E-state index contributed by atoms with van der Waals surface area (Å²) in [6.07, 6.45) is 8.86. The molecule has 0 aliphatic carbocycles. The SMILES string of the molecule is C=CCOOC(=O)C(C)C1C(=O)N2C(C(=O)OCC=C)=C(COc3cc(Cn4cc[n+](C)c4)ccc3I)C(C)C12. The molecule has 3 heterocycles. The average Bonchev–Trinajstić information content (AvgIpc) is 3.45. The zero-order valence-corrected chi connectivity index (χ0v) is 24.9. The second kappa shape index (κ2) is 12.8. The van der Waals surface area contributed by atoms with Crippen LogP contribution in [0.25, 0.3) is 0 Å². The Morgan fingerprint density at radius 1 is 1.23 bits per heavy atom. The van der Waals surface area contributed by atoms with E-state index in [-0.39, 0.29) is 37.3 Å². The summed E-state index contributed by atoms with van der Waals surface area (Å²) in [4.78, 5) is 50.0. The van der Waals surface area contributed by atoms with Gasteiger partial charge in [-0.25, -0.2) is 18.7 Å². The van der Waals surface area contributed by atoms with Crippen LogP contribution in [-0.4, -0.2) is 53.2 Å². The van der Waals surface area contributed by atoms with Crippen LogP contribution in [0.4, 0.5) is 0 Å². The third-order valence-electron chi connectivity index (χ3n) is 7.13. The lowest BCUT2D eigenvalue weighted by atomic mass is 9.74. The van der Waals surface area contributed by atoms with E-state index in [2.05, 4.69) is 40.3 Å². The van der Waals surface area contributed by atoms with Crippen molar-refractivity contribution in [2.45, 2.75) is 26.4 Å². The van der Waals surface area contributed by atoms with Crippen LogP contribution >= 0.6 is 22.6 Å². The fourth-order valence-corrected chi connectivity index (χ4v) is 5.62. The smallest absolute Gasteiger partial charge is 0.355 e. The molecule has 0 bridgehead atoms. The largest absolute Gasteiger partial charge is 0.488 e. The van der Waals surface area contributed by atoms with E-state index >= 15 is 0 Å². The first-order valence-electron chi connectivity index (χ1n) is 12.9. The predicted molar refractivity (Wildman–Crippen MR) is 152 cm³/mol. The Balaban J connectivity index is 1.55. The minimum atomic E-state index is -0.778. The van der Waals surface area contributed by atoms with Crippen LogP contribution in [0.1, 0.15) is 19.4 Å². The van der Waals surface area contributed by atoms with E-state index in [9.17, 15) is 14.4 Å². The van der Waals surface area contributed by atoms with Gasteiger partial charge in [0.25, 0.3) is 0 Å². The maximum Gasteiger partial charge on any atom is 0.355 e. The first kappa shape index (κ1) is 29.5. The highest BCUT2D eigenvalue weighted by atomic mass is 127. The van der Waals surface area contributed by atoms with Crippen molar-refractivity contribution in [3.63, 3.8) is 0 Å². The molecule has 1 aromatic carbocycles. The number of β-lactam (4-membered cyclic amide) rings is 1. The lowest BCUT2D eigenvalue weighted by Crippen LogP contribution is -2.63. The predicted octanol–water partition coefficient (Wildman–Crippen LogP) is 3.10. The highest BCUT2D eigenvalue weighted by Gasteiger charge is 2.61. The molecule has 1 fully saturated rings. The van der Waals surface area contributed by atoms with Crippen molar-refractivity contribution in [3.05, 3.63) is 82.6 Å². The molecule has 11 heteroatoms. The van der Waals surface area contributed by atoms with Gasteiger partial charge in [-0.1, -0.05) is 38.6 Å². The summed E-state index contributed by atoms with van der Waals surface area (Å²) in [7, 11) is 1.96. The van der Waals surface area contributed by atoms with E-state index in [0.717, 1.165) is 9.13 Å². The number of carbonyl (C=O) groups excluding carboxylic acids is 3. The van der Waals surface area contributed by atoms with Crippen LogP contribution in [0, 0.1) is 21.3 Å². The van der Waals surface area contributed by atoms with Crippen LogP contribution in [0.2, 0.25) is 0 Å². The molecule has 1 saturated heterocycles. The van der Waals surface area contributed by atoms with Gasteiger partial charge in [-0.15, -0.1) is 6.58 Å². The number of aryl methyl sites for hydroxylation is 1. The van der Waals surface area contributed by atoms with Crippen LogP contribution in [0.3, 0.4) is 0 Å². The van der Waals surface area contributed by atoms with Crippen LogP contribution in [0.15, 0.2) is 73.5 Å². The van der Waals surface area contributed by atoms with E-state index in [1.54, 1.807) is 6.92 Å². The summed E-state index contributed by atoms with van der Waals surface area (Å²) < 4.78 is 16.5. The molecule has 1 amide bonds. The molecule has 1 aromatic heterocycles. The topological polar surface area (TPSA) is 100 Å². The van der Waals surface area contributed by atoms with Gasteiger partial charge < -0.3 is 14.4 Å². The first-order chi connectivity index (χ1) is 19.2. The van der Waals surface area contributed by atoms with Crippen molar-refractivity contribution in [1.82, 2.24) is 9.47 Å². The van der Waals surface area contributed by atoms with Crippen molar-refractivity contribution in [3.8, 4) is 5.75 Å². The Bertz CT molecular complexity index is 1350. The van der Waals surface area contributed by atoms with Crippen LogP contribution in [0.5, 0.6) is 5.75 Å². The van der Waals surface area contributed by atoms with Crippen molar-refractivity contribution in [2.24, 2.45) is 24.8 Å². The van der Waals surface area contributed by atoms with Gasteiger partial charge in [-0.3, -0.25) is 9.68 Å². The molecule has 4 unspecified atom stereocenters. The van der Waals surface area contributed by atoms with E-state index in [1.165, 1.54) is 17.1 Å². The van der Waals surface area contributed by atoms with Gasteiger partial charge in [0.1, 0.15) is 50.2 Å². The lowest BCUT2D eigenvalue weighted by Gasteiger charge is -2.47. The zero-order chi connectivity index (χ0) is 29.0. The molecule has 0 saturated carbocycles. The Kier molecular flexibility index (Phi) is 9.46. The Morgan fingerprint density at radius 2 is 1.98 bits per heavy atom. The van der Waals surface area contributed by atoms with Crippen LogP contribution < -0.4 is 9.30 Å².